The van der Waals surface area contributed by atoms with Crippen molar-refractivity contribution in [3.8, 4) is 0 Å². The maximum atomic E-state index is 13.3. The quantitative estimate of drug-likeness (QED) is 0.446. The minimum absolute atomic E-state index is 0.00523. The van der Waals surface area contributed by atoms with Crippen LogP contribution in [0.2, 0.25) is 0 Å². The van der Waals surface area contributed by atoms with Crippen LogP contribution in [-0.2, 0) is 4.74 Å². The number of methoxy groups -OCH3 is 1. The molecule has 116 valence electrons. The van der Waals surface area contributed by atoms with Crippen molar-refractivity contribution in [2.24, 2.45) is 0 Å². The summed E-state index contributed by atoms with van der Waals surface area (Å²) in [6.45, 7) is -0.0909. The van der Waals surface area contributed by atoms with E-state index in [1.165, 1.54) is 14.2 Å². The van der Waals surface area contributed by atoms with Gasteiger partial charge in [-0.15, -0.1) is 0 Å². The van der Waals surface area contributed by atoms with Crippen molar-refractivity contribution in [2.45, 2.75) is 6.10 Å². The molecule has 0 aliphatic carbocycles. The molecule has 0 radical (unpaired) electrons. The Hall–Kier alpha value is -2.26. The lowest BCUT2D eigenvalue weighted by Gasteiger charge is -2.20. The Morgan fingerprint density at radius 2 is 2.24 bits per heavy atom. The summed E-state index contributed by atoms with van der Waals surface area (Å²) < 4.78 is 18.0. The van der Waals surface area contributed by atoms with Gasteiger partial charge in [0.1, 0.15) is 5.56 Å². The fourth-order valence-electron chi connectivity index (χ4n) is 1.75. The van der Waals surface area contributed by atoms with E-state index in [2.05, 4.69) is 0 Å². The standard InChI is InChI=1S/C12H16FN3O5/c1-15(5-7(17)6-21-2)12(18)8-3-10(14)9(13)4-11(8)16(19)20/h3-4,7,17H,5-6,14H2,1-2H3. The van der Waals surface area contributed by atoms with E-state index in [9.17, 15) is 24.4 Å². The number of carbonyl (C=O) groups is 1. The molecular weight excluding hydrogens is 285 g/mol. The van der Waals surface area contributed by atoms with Crippen LogP contribution in [0.5, 0.6) is 0 Å². The van der Waals surface area contributed by atoms with Gasteiger partial charge >= 0.3 is 0 Å². The van der Waals surface area contributed by atoms with E-state index in [0.717, 1.165) is 11.0 Å². The van der Waals surface area contributed by atoms with E-state index in [0.29, 0.717) is 6.07 Å². The molecule has 0 spiro atoms. The number of nitrogens with two attached hydrogens (primary N) is 1. The number of amides is 1. The molecule has 0 aliphatic heterocycles. The van der Waals surface area contributed by atoms with Gasteiger partial charge in [-0.2, -0.15) is 0 Å². The molecule has 0 aromatic heterocycles. The fourth-order valence-corrected chi connectivity index (χ4v) is 1.75. The molecule has 0 saturated carbocycles. The molecule has 0 heterocycles. The fraction of sp³-hybridized carbons (Fsp3) is 0.417. The van der Waals surface area contributed by atoms with Crippen LogP contribution in [0.15, 0.2) is 12.1 Å². The van der Waals surface area contributed by atoms with Gasteiger partial charge in [0.05, 0.1) is 29.4 Å². The van der Waals surface area contributed by atoms with E-state index in [1.54, 1.807) is 0 Å². The first-order valence-corrected chi connectivity index (χ1v) is 5.93. The molecule has 1 aromatic rings. The van der Waals surface area contributed by atoms with Gasteiger partial charge in [0.25, 0.3) is 11.6 Å². The van der Waals surface area contributed by atoms with Crippen LogP contribution in [0.3, 0.4) is 0 Å². The van der Waals surface area contributed by atoms with Crippen LogP contribution in [0.1, 0.15) is 10.4 Å². The molecule has 0 fully saturated rings. The summed E-state index contributed by atoms with van der Waals surface area (Å²) in [7, 11) is 2.74. The number of ether oxygens (including phenoxy) is 1. The first-order chi connectivity index (χ1) is 9.77. The predicted octanol–water partition coefficient (Wildman–Crippen LogP) is 0.395. The van der Waals surface area contributed by atoms with Crippen molar-refractivity contribution in [1.29, 1.82) is 0 Å². The summed E-state index contributed by atoms with van der Waals surface area (Å²) in [6.07, 6.45) is -0.944. The number of nitro groups is 1. The number of rotatable bonds is 6. The molecular formula is C12H16FN3O5. The lowest BCUT2D eigenvalue weighted by Crippen LogP contribution is -2.36. The Kier molecular flexibility index (Phi) is 5.56. The molecule has 1 amide bonds. The number of carbonyl (C=O) groups excluding carboxylic acids is 1. The number of aliphatic hydroxyl groups excluding tert-OH is 1. The highest BCUT2D eigenvalue weighted by Gasteiger charge is 2.26. The second-order valence-electron chi connectivity index (χ2n) is 4.44. The lowest BCUT2D eigenvalue weighted by atomic mass is 10.1. The first-order valence-electron chi connectivity index (χ1n) is 5.93. The number of benzene rings is 1. The van der Waals surface area contributed by atoms with Crippen molar-refractivity contribution < 1.29 is 24.0 Å². The van der Waals surface area contributed by atoms with Gasteiger partial charge in [-0.25, -0.2) is 4.39 Å². The van der Waals surface area contributed by atoms with Crippen LogP contribution in [0.25, 0.3) is 0 Å². The predicted molar refractivity (Wildman–Crippen MR) is 72.3 cm³/mol. The Bertz CT molecular complexity index is 552. The summed E-state index contributed by atoms with van der Waals surface area (Å²) >= 11 is 0. The normalized spacial score (nSPS) is 12.0. The minimum atomic E-state index is -0.972. The summed E-state index contributed by atoms with van der Waals surface area (Å²) in [4.78, 5) is 23.3. The zero-order valence-electron chi connectivity index (χ0n) is 11.6. The molecule has 0 aliphatic rings. The third-order valence-electron chi connectivity index (χ3n) is 2.73. The molecule has 3 N–H and O–H groups in total. The number of nitrogens with zero attached hydrogens (tertiary/aromatic N) is 2. The molecule has 1 aromatic carbocycles. The number of aliphatic hydroxyl groups is 1. The molecule has 0 saturated heterocycles. The second kappa shape index (κ2) is 6.95. The maximum absolute atomic E-state index is 13.3. The van der Waals surface area contributed by atoms with E-state index < -0.39 is 28.4 Å². The number of anilines is 1. The number of hydrogen-bond donors (Lipinski definition) is 2. The molecule has 8 nitrogen and oxygen atoms in total. The SMILES string of the molecule is COCC(O)CN(C)C(=O)c1cc(N)c(F)cc1[N+](=O)[O-]. The Morgan fingerprint density at radius 1 is 1.62 bits per heavy atom. The summed E-state index contributed by atoms with van der Waals surface area (Å²) in [5.41, 5.74) is 3.95. The zero-order valence-corrected chi connectivity index (χ0v) is 11.6. The highest BCUT2D eigenvalue weighted by atomic mass is 19.1. The average molecular weight is 301 g/mol. The largest absolute Gasteiger partial charge is 0.396 e. The highest BCUT2D eigenvalue weighted by molar-refractivity contribution is 5.99. The smallest absolute Gasteiger partial charge is 0.285 e. The summed E-state index contributed by atoms with van der Waals surface area (Å²) in [6, 6.07) is 1.51. The Labute approximate surface area is 120 Å². The number of nitrogen functional groups attached to an aromatic ring is 1. The highest BCUT2D eigenvalue weighted by Crippen LogP contribution is 2.25. The zero-order chi connectivity index (χ0) is 16.2. The van der Waals surface area contributed by atoms with Crippen molar-refractivity contribution in [2.75, 3.05) is 33.0 Å². The van der Waals surface area contributed by atoms with Gasteiger partial charge in [0.2, 0.25) is 0 Å². The van der Waals surface area contributed by atoms with Crippen LogP contribution >= 0.6 is 0 Å². The molecule has 1 rings (SSSR count). The van der Waals surface area contributed by atoms with Crippen LogP contribution in [-0.4, -0.2) is 54.3 Å². The van der Waals surface area contributed by atoms with Crippen molar-refractivity contribution >= 4 is 17.3 Å². The average Bonchev–Trinajstić information content (AvgIpc) is 2.40. The van der Waals surface area contributed by atoms with Crippen molar-refractivity contribution in [1.82, 2.24) is 4.90 Å². The first kappa shape index (κ1) is 16.8. The Morgan fingerprint density at radius 3 is 2.76 bits per heavy atom. The van der Waals surface area contributed by atoms with E-state index in [1.807, 2.05) is 0 Å². The molecule has 0 bridgehead atoms. The Balaban J connectivity index is 3.06. The van der Waals surface area contributed by atoms with E-state index in [-0.39, 0.29) is 24.4 Å². The topological polar surface area (TPSA) is 119 Å². The molecule has 1 atom stereocenters. The van der Waals surface area contributed by atoms with Gasteiger partial charge in [0, 0.05) is 20.7 Å². The van der Waals surface area contributed by atoms with Gasteiger partial charge in [-0.1, -0.05) is 0 Å². The van der Waals surface area contributed by atoms with Crippen molar-refractivity contribution in [3.63, 3.8) is 0 Å². The number of hydrogen-bond acceptors (Lipinski definition) is 6. The molecule has 1 unspecified atom stereocenters. The third-order valence-corrected chi connectivity index (χ3v) is 2.73. The van der Waals surface area contributed by atoms with E-state index >= 15 is 0 Å². The van der Waals surface area contributed by atoms with E-state index in [4.69, 9.17) is 10.5 Å². The summed E-state index contributed by atoms with van der Waals surface area (Å²) in [5, 5.41) is 20.5. The lowest BCUT2D eigenvalue weighted by molar-refractivity contribution is -0.385. The molecule has 9 heteroatoms. The number of likely N-dealkylation sites (N-methyl/N-ethyl adjacent to an activating group) is 1. The van der Waals surface area contributed by atoms with Gasteiger partial charge in [-0.3, -0.25) is 14.9 Å². The molecule has 21 heavy (non-hydrogen) atoms. The maximum Gasteiger partial charge on any atom is 0.285 e. The van der Waals surface area contributed by atoms with Crippen molar-refractivity contribution in [3.05, 3.63) is 33.6 Å². The number of nitro benzene ring substituents is 1. The van der Waals surface area contributed by atoms with Crippen LogP contribution < -0.4 is 5.73 Å². The van der Waals surface area contributed by atoms with Crippen LogP contribution in [0.4, 0.5) is 15.8 Å². The summed E-state index contributed by atoms with van der Waals surface area (Å²) in [5.74, 6) is -1.72. The second-order valence-corrected chi connectivity index (χ2v) is 4.44. The monoisotopic (exact) mass is 301 g/mol. The number of halogens is 1. The van der Waals surface area contributed by atoms with Gasteiger partial charge in [0.15, 0.2) is 5.82 Å². The van der Waals surface area contributed by atoms with Crippen LogP contribution in [0, 0.1) is 15.9 Å². The third kappa shape index (κ3) is 4.10. The van der Waals surface area contributed by atoms with Gasteiger partial charge < -0.3 is 20.5 Å². The minimum Gasteiger partial charge on any atom is -0.396 e. The van der Waals surface area contributed by atoms with Gasteiger partial charge in [-0.05, 0) is 6.07 Å².